The Morgan fingerprint density at radius 1 is 1.12 bits per heavy atom. The third-order valence-electron chi connectivity index (χ3n) is 3.83. The summed E-state index contributed by atoms with van der Waals surface area (Å²) in [6.45, 7) is 8.39. The molecule has 0 radical (unpaired) electrons. The summed E-state index contributed by atoms with van der Waals surface area (Å²) < 4.78 is 11.1. The van der Waals surface area contributed by atoms with Crippen molar-refractivity contribution >= 4 is 11.6 Å². The Bertz CT molecular complexity index is 729. The number of nitrogens with one attached hydrogen (secondary N) is 2. The average molecular weight is 356 g/mol. The first-order chi connectivity index (χ1) is 12.5. The SMILES string of the molecule is CCNCc1ccccc1NC(=O)c1ccc(OCC(C)C)c(OC)c1. The molecular formula is C21H28N2O3. The van der Waals surface area contributed by atoms with Crippen LogP contribution >= 0.6 is 0 Å². The summed E-state index contributed by atoms with van der Waals surface area (Å²) in [5, 5.41) is 6.26. The Balaban J connectivity index is 2.15. The van der Waals surface area contributed by atoms with Crippen LogP contribution in [0.3, 0.4) is 0 Å². The molecule has 0 unspecified atom stereocenters. The molecule has 0 aliphatic carbocycles. The predicted molar refractivity (Wildman–Crippen MR) is 105 cm³/mol. The summed E-state index contributed by atoms with van der Waals surface area (Å²) in [6, 6.07) is 13.0. The van der Waals surface area contributed by atoms with Crippen molar-refractivity contribution in [2.75, 3.05) is 25.6 Å². The first-order valence-electron chi connectivity index (χ1n) is 8.96. The Kier molecular flexibility index (Phi) is 7.48. The molecule has 1 amide bonds. The van der Waals surface area contributed by atoms with E-state index in [1.54, 1.807) is 25.3 Å². The van der Waals surface area contributed by atoms with Gasteiger partial charge in [-0.2, -0.15) is 0 Å². The summed E-state index contributed by atoms with van der Waals surface area (Å²) in [4.78, 5) is 12.7. The van der Waals surface area contributed by atoms with Crippen molar-refractivity contribution < 1.29 is 14.3 Å². The summed E-state index contributed by atoms with van der Waals surface area (Å²) in [5.74, 6) is 1.43. The highest BCUT2D eigenvalue weighted by Gasteiger charge is 2.13. The summed E-state index contributed by atoms with van der Waals surface area (Å²) in [7, 11) is 1.57. The van der Waals surface area contributed by atoms with Crippen molar-refractivity contribution in [3.63, 3.8) is 0 Å². The molecule has 2 rings (SSSR count). The maximum Gasteiger partial charge on any atom is 0.255 e. The number of carbonyl (C=O) groups is 1. The molecule has 0 saturated carbocycles. The van der Waals surface area contributed by atoms with Gasteiger partial charge in [-0.3, -0.25) is 4.79 Å². The van der Waals surface area contributed by atoms with Gasteiger partial charge in [-0.25, -0.2) is 0 Å². The quantitative estimate of drug-likeness (QED) is 0.710. The van der Waals surface area contributed by atoms with Gasteiger partial charge in [0.05, 0.1) is 13.7 Å². The minimum absolute atomic E-state index is 0.178. The average Bonchev–Trinajstić information content (AvgIpc) is 2.65. The maximum absolute atomic E-state index is 12.7. The van der Waals surface area contributed by atoms with Crippen LogP contribution in [0.25, 0.3) is 0 Å². The number of amides is 1. The maximum atomic E-state index is 12.7. The Morgan fingerprint density at radius 3 is 2.58 bits per heavy atom. The third kappa shape index (κ3) is 5.49. The van der Waals surface area contributed by atoms with E-state index in [2.05, 4.69) is 31.4 Å². The van der Waals surface area contributed by atoms with Crippen molar-refractivity contribution in [3.05, 3.63) is 53.6 Å². The van der Waals surface area contributed by atoms with E-state index in [-0.39, 0.29) is 5.91 Å². The lowest BCUT2D eigenvalue weighted by molar-refractivity contribution is 0.102. The zero-order valence-electron chi connectivity index (χ0n) is 16.0. The molecule has 5 nitrogen and oxygen atoms in total. The lowest BCUT2D eigenvalue weighted by Gasteiger charge is -2.14. The molecule has 2 aromatic rings. The first-order valence-corrected chi connectivity index (χ1v) is 8.96. The molecule has 0 spiro atoms. The number of ether oxygens (including phenoxy) is 2. The van der Waals surface area contributed by atoms with Crippen LogP contribution < -0.4 is 20.1 Å². The lowest BCUT2D eigenvalue weighted by atomic mass is 10.1. The molecule has 2 N–H and O–H groups in total. The fourth-order valence-electron chi connectivity index (χ4n) is 2.44. The standard InChI is InChI=1S/C21H28N2O3/c1-5-22-13-17-8-6-7-9-18(17)23-21(24)16-10-11-19(20(12-16)25-4)26-14-15(2)3/h6-12,15,22H,5,13-14H2,1-4H3,(H,23,24). The van der Waals surface area contributed by atoms with Gasteiger partial charge in [-0.05, 0) is 42.3 Å². The smallest absolute Gasteiger partial charge is 0.255 e. The molecule has 0 aromatic heterocycles. The predicted octanol–water partition coefficient (Wildman–Crippen LogP) is 4.09. The van der Waals surface area contributed by atoms with E-state index >= 15 is 0 Å². The summed E-state index contributed by atoms with van der Waals surface area (Å²) in [5.41, 5.74) is 2.38. The van der Waals surface area contributed by atoms with Gasteiger partial charge in [0.25, 0.3) is 5.91 Å². The van der Waals surface area contributed by atoms with Gasteiger partial charge in [-0.1, -0.05) is 39.0 Å². The normalized spacial score (nSPS) is 10.7. The number of hydrogen-bond acceptors (Lipinski definition) is 4. The van der Waals surface area contributed by atoms with E-state index < -0.39 is 0 Å². The number of methoxy groups -OCH3 is 1. The number of benzene rings is 2. The van der Waals surface area contributed by atoms with Crippen LogP contribution in [0.1, 0.15) is 36.7 Å². The lowest BCUT2D eigenvalue weighted by Crippen LogP contribution is -2.17. The zero-order valence-corrected chi connectivity index (χ0v) is 16.0. The second-order valence-corrected chi connectivity index (χ2v) is 6.46. The van der Waals surface area contributed by atoms with E-state index in [0.29, 0.717) is 36.1 Å². The number of para-hydroxylation sites is 1. The van der Waals surface area contributed by atoms with Crippen LogP contribution in [-0.2, 0) is 6.54 Å². The van der Waals surface area contributed by atoms with E-state index in [1.807, 2.05) is 24.3 Å². The van der Waals surface area contributed by atoms with Crippen LogP contribution in [0.15, 0.2) is 42.5 Å². The summed E-state index contributed by atoms with van der Waals surface area (Å²) in [6.07, 6.45) is 0. The van der Waals surface area contributed by atoms with Gasteiger partial charge in [0.1, 0.15) is 0 Å². The number of anilines is 1. The van der Waals surface area contributed by atoms with Crippen molar-refractivity contribution in [2.45, 2.75) is 27.3 Å². The van der Waals surface area contributed by atoms with Crippen molar-refractivity contribution in [2.24, 2.45) is 5.92 Å². The van der Waals surface area contributed by atoms with Crippen molar-refractivity contribution in [1.82, 2.24) is 5.32 Å². The largest absolute Gasteiger partial charge is 0.493 e. The second-order valence-electron chi connectivity index (χ2n) is 6.46. The highest BCUT2D eigenvalue weighted by molar-refractivity contribution is 6.05. The monoisotopic (exact) mass is 356 g/mol. The van der Waals surface area contributed by atoms with Gasteiger partial charge >= 0.3 is 0 Å². The van der Waals surface area contributed by atoms with Crippen LogP contribution in [0.2, 0.25) is 0 Å². The molecule has 140 valence electrons. The molecule has 0 atom stereocenters. The van der Waals surface area contributed by atoms with Crippen LogP contribution in [-0.4, -0.2) is 26.2 Å². The highest BCUT2D eigenvalue weighted by Crippen LogP contribution is 2.29. The van der Waals surface area contributed by atoms with Crippen molar-refractivity contribution in [1.29, 1.82) is 0 Å². The molecule has 26 heavy (non-hydrogen) atoms. The van der Waals surface area contributed by atoms with Crippen LogP contribution in [0.5, 0.6) is 11.5 Å². The minimum atomic E-state index is -0.178. The van der Waals surface area contributed by atoms with E-state index in [9.17, 15) is 4.79 Å². The topological polar surface area (TPSA) is 59.6 Å². The van der Waals surface area contributed by atoms with Gasteiger partial charge in [0.2, 0.25) is 0 Å². The van der Waals surface area contributed by atoms with Gasteiger partial charge in [0.15, 0.2) is 11.5 Å². The van der Waals surface area contributed by atoms with Gasteiger partial charge in [-0.15, -0.1) is 0 Å². The van der Waals surface area contributed by atoms with Crippen LogP contribution in [0, 0.1) is 5.92 Å². The van der Waals surface area contributed by atoms with Gasteiger partial charge in [0, 0.05) is 17.8 Å². The highest BCUT2D eigenvalue weighted by atomic mass is 16.5. The Morgan fingerprint density at radius 2 is 1.88 bits per heavy atom. The molecule has 0 bridgehead atoms. The number of carbonyl (C=O) groups excluding carboxylic acids is 1. The van der Waals surface area contributed by atoms with E-state index in [1.165, 1.54) is 0 Å². The Hall–Kier alpha value is -2.53. The fraction of sp³-hybridized carbons (Fsp3) is 0.381. The van der Waals surface area contributed by atoms with E-state index in [4.69, 9.17) is 9.47 Å². The molecule has 0 fully saturated rings. The molecule has 0 heterocycles. The molecule has 0 aliphatic rings. The molecule has 2 aromatic carbocycles. The fourth-order valence-corrected chi connectivity index (χ4v) is 2.44. The first kappa shape index (κ1) is 19.8. The molecule has 0 saturated heterocycles. The zero-order chi connectivity index (χ0) is 18.9. The molecular weight excluding hydrogens is 328 g/mol. The van der Waals surface area contributed by atoms with Crippen molar-refractivity contribution in [3.8, 4) is 11.5 Å². The van der Waals surface area contributed by atoms with Crippen LogP contribution in [0.4, 0.5) is 5.69 Å². The Labute approximate surface area is 155 Å². The second kappa shape index (κ2) is 9.82. The number of hydrogen-bond donors (Lipinski definition) is 2. The summed E-state index contributed by atoms with van der Waals surface area (Å²) >= 11 is 0. The third-order valence-corrected chi connectivity index (χ3v) is 3.83. The number of rotatable bonds is 9. The molecule has 5 heteroatoms. The van der Waals surface area contributed by atoms with E-state index in [0.717, 1.165) is 17.8 Å². The van der Waals surface area contributed by atoms with Gasteiger partial charge < -0.3 is 20.1 Å². The minimum Gasteiger partial charge on any atom is -0.493 e. The molecule has 0 aliphatic heterocycles.